The highest BCUT2D eigenvalue weighted by Crippen LogP contribution is 2.15. The lowest BCUT2D eigenvalue weighted by Crippen LogP contribution is -2.54. The minimum atomic E-state index is -0.842. The zero-order chi connectivity index (χ0) is 11.3. The second kappa shape index (κ2) is 5.44. The minimum absolute atomic E-state index is 0.148. The molecule has 1 amide bonds. The van der Waals surface area contributed by atoms with Gasteiger partial charge < -0.3 is 20.9 Å². The predicted molar refractivity (Wildman–Crippen MR) is 56.3 cm³/mol. The van der Waals surface area contributed by atoms with Crippen LogP contribution in [-0.4, -0.2) is 42.4 Å². The van der Waals surface area contributed by atoms with Crippen LogP contribution in [0, 0.1) is 0 Å². The molecular formula is C10H20N2O3. The molecule has 0 saturated carbocycles. The summed E-state index contributed by atoms with van der Waals surface area (Å²) in [6, 6.07) is 0. The maximum Gasteiger partial charge on any atom is 0.242 e. The van der Waals surface area contributed by atoms with Crippen molar-refractivity contribution in [3.05, 3.63) is 0 Å². The molecule has 1 saturated heterocycles. The molecule has 15 heavy (non-hydrogen) atoms. The summed E-state index contributed by atoms with van der Waals surface area (Å²) in [6.07, 6.45) is 1.72. The molecule has 2 unspecified atom stereocenters. The number of ether oxygens (including phenoxy) is 1. The molecule has 1 heterocycles. The quantitative estimate of drug-likeness (QED) is 0.535. The van der Waals surface area contributed by atoms with E-state index in [1.54, 1.807) is 6.92 Å². The van der Waals surface area contributed by atoms with Crippen LogP contribution in [0.2, 0.25) is 0 Å². The van der Waals surface area contributed by atoms with Crippen molar-refractivity contribution in [1.82, 2.24) is 5.32 Å². The summed E-state index contributed by atoms with van der Waals surface area (Å²) in [5.41, 5.74) is 5.02. The van der Waals surface area contributed by atoms with Crippen LogP contribution in [0.3, 0.4) is 0 Å². The third kappa shape index (κ3) is 3.77. The van der Waals surface area contributed by atoms with Crippen LogP contribution < -0.4 is 11.1 Å². The molecule has 88 valence electrons. The zero-order valence-corrected chi connectivity index (χ0v) is 9.16. The van der Waals surface area contributed by atoms with Gasteiger partial charge in [-0.2, -0.15) is 0 Å². The number of hydrogen-bond donors (Lipinski definition) is 3. The van der Waals surface area contributed by atoms with Gasteiger partial charge in [-0.05, 0) is 26.2 Å². The van der Waals surface area contributed by atoms with Gasteiger partial charge in [0.05, 0.1) is 12.7 Å². The number of nitrogens with two attached hydrogens (primary N) is 1. The first kappa shape index (κ1) is 12.4. The number of amides is 1. The van der Waals surface area contributed by atoms with Gasteiger partial charge in [0.1, 0.15) is 5.54 Å². The summed E-state index contributed by atoms with van der Waals surface area (Å²) in [4.78, 5) is 11.6. The number of aliphatic hydroxyl groups excluding tert-OH is 1. The zero-order valence-electron chi connectivity index (χ0n) is 9.16. The third-order valence-electron chi connectivity index (χ3n) is 2.59. The Bertz CT molecular complexity index is 213. The molecule has 1 aliphatic rings. The number of aliphatic hydroxyl groups is 1. The second-order valence-corrected chi connectivity index (χ2v) is 4.21. The van der Waals surface area contributed by atoms with E-state index in [9.17, 15) is 4.79 Å². The molecule has 1 rings (SSSR count). The average Bonchev–Trinajstić information content (AvgIpc) is 2.60. The van der Waals surface area contributed by atoms with Gasteiger partial charge in [-0.25, -0.2) is 0 Å². The van der Waals surface area contributed by atoms with E-state index in [-0.39, 0.29) is 12.0 Å². The van der Waals surface area contributed by atoms with E-state index in [4.69, 9.17) is 15.6 Å². The van der Waals surface area contributed by atoms with Gasteiger partial charge in [-0.15, -0.1) is 0 Å². The van der Waals surface area contributed by atoms with Gasteiger partial charge in [0.25, 0.3) is 0 Å². The van der Waals surface area contributed by atoms with E-state index in [0.29, 0.717) is 32.6 Å². The SMILES string of the molecule is CC(O)CCCNC(=O)C1(N)CCOC1. The van der Waals surface area contributed by atoms with Crippen molar-refractivity contribution in [2.24, 2.45) is 5.73 Å². The van der Waals surface area contributed by atoms with Gasteiger partial charge in [-0.3, -0.25) is 4.79 Å². The van der Waals surface area contributed by atoms with Crippen molar-refractivity contribution in [2.75, 3.05) is 19.8 Å². The van der Waals surface area contributed by atoms with E-state index >= 15 is 0 Å². The van der Waals surface area contributed by atoms with Gasteiger partial charge in [0.2, 0.25) is 5.91 Å². The Balaban J connectivity index is 2.18. The van der Waals surface area contributed by atoms with Crippen LogP contribution in [0.1, 0.15) is 26.2 Å². The molecule has 5 heteroatoms. The molecule has 4 N–H and O–H groups in total. The fourth-order valence-corrected chi connectivity index (χ4v) is 1.54. The second-order valence-electron chi connectivity index (χ2n) is 4.21. The predicted octanol–water partition coefficient (Wildman–Crippen LogP) is -0.619. The topological polar surface area (TPSA) is 84.6 Å². The van der Waals surface area contributed by atoms with Gasteiger partial charge in [0.15, 0.2) is 0 Å². The van der Waals surface area contributed by atoms with Gasteiger partial charge in [-0.1, -0.05) is 0 Å². The van der Waals surface area contributed by atoms with Crippen LogP contribution in [-0.2, 0) is 9.53 Å². The number of hydrogen-bond acceptors (Lipinski definition) is 4. The molecular weight excluding hydrogens is 196 g/mol. The van der Waals surface area contributed by atoms with E-state index in [0.717, 1.165) is 6.42 Å². The Morgan fingerprint density at radius 2 is 2.47 bits per heavy atom. The molecule has 0 bridgehead atoms. The van der Waals surface area contributed by atoms with Crippen LogP contribution in [0.4, 0.5) is 0 Å². The highest BCUT2D eigenvalue weighted by atomic mass is 16.5. The lowest BCUT2D eigenvalue weighted by Gasteiger charge is -2.20. The molecule has 0 spiro atoms. The summed E-state index contributed by atoms with van der Waals surface area (Å²) >= 11 is 0. The van der Waals surface area contributed by atoms with E-state index in [1.165, 1.54) is 0 Å². The van der Waals surface area contributed by atoms with Crippen LogP contribution in [0.5, 0.6) is 0 Å². The van der Waals surface area contributed by atoms with Gasteiger partial charge >= 0.3 is 0 Å². The lowest BCUT2D eigenvalue weighted by atomic mass is 9.99. The summed E-state index contributed by atoms with van der Waals surface area (Å²) in [7, 11) is 0. The molecule has 2 atom stereocenters. The molecule has 0 aromatic heterocycles. The fraction of sp³-hybridized carbons (Fsp3) is 0.900. The van der Waals surface area contributed by atoms with E-state index < -0.39 is 5.54 Å². The summed E-state index contributed by atoms with van der Waals surface area (Å²) in [5, 5.41) is 11.8. The van der Waals surface area contributed by atoms with E-state index in [1.807, 2.05) is 0 Å². The maximum absolute atomic E-state index is 11.6. The third-order valence-corrected chi connectivity index (χ3v) is 2.59. The van der Waals surface area contributed by atoms with E-state index in [2.05, 4.69) is 5.32 Å². The first-order valence-electron chi connectivity index (χ1n) is 5.37. The molecule has 0 aliphatic carbocycles. The molecule has 0 aromatic rings. The summed E-state index contributed by atoms with van der Waals surface area (Å²) in [5.74, 6) is -0.148. The average molecular weight is 216 g/mol. The molecule has 0 radical (unpaired) electrons. The molecule has 5 nitrogen and oxygen atoms in total. The van der Waals surface area contributed by atoms with Crippen LogP contribution in [0.25, 0.3) is 0 Å². The highest BCUT2D eigenvalue weighted by molar-refractivity contribution is 5.86. The minimum Gasteiger partial charge on any atom is -0.393 e. The standard InChI is InChI=1S/C10H20N2O3/c1-8(13)3-2-5-12-9(14)10(11)4-6-15-7-10/h8,13H,2-7,11H2,1H3,(H,12,14). The van der Waals surface area contributed by atoms with Gasteiger partial charge in [0, 0.05) is 13.2 Å². The fourth-order valence-electron chi connectivity index (χ4n) is 1.54. The Morgan fingerprint density at radius 3 is 3.00 bits per heavy atom. The summed E-state index contributed by atoms with van der Waals surface area (Å²) < 4.78 is 5.10. The highest BCUT2D eigenvalue weighted by Gasteiger charge is 2.37. The Morgan fingerprint density at radius 1 is 1.73 bits per heavy atom. The first-order chi connectivity index (χ1) is 7.04. The number of carbonyl (C=O) groups is 1. The van der Waals surface area contributed by atoms with Crippen LogP contribution >= 0.6 is 0 Å². The molecule has 0 aromatic carbocycles. The van der Waals surface area contributed by atoms with Crippen molar-refractivity contribution < 1.29 is 14.6 Å². The van der Waals surface area contributed by atoms with Crippen molar-refractivity contribution in [3.8, 4) is 0 Å². The monoisotopic (exact) mass is 216 g/mol. The Kier molecular flexibility index (Phi) is 4.50. The van der Waals surface area contributed by atoms with Crippen molar-refractivity contribution >= 4 is 5.91 Å². The lowest BCUT2D eigenvalue weighted by molar-refractivity contribution is -0.126. The smallest absolute Gasteiger partial charge is 0.242 e. The summed E-state index contributed by atoms with van der Waals surface area (Å²) in [6.45, 7) is 3.15. The normalized spacial score (nSPS) is 27.7. The van der Waals surface area contributed by atoms with Crippen molar-refractivity contribution in [1.29, 1.82) is 0 Å². The number of carbonyl (C=O) groups excluding carboxylic acids is 1. The number of nitrogens with one attached hydrogen (secondary N) is 1. The molecule has 1 aliphatic heterocycles. The maximum atomic E-state index is 11.6. The van der Waals surface area contributed by atoms with Crippen molar-refractivity contribution in [2.45, 2.75) is 37.8 Å². The number of rotatable bonds is 5. The van der Waals surface area contributed by atoms with Crippen LogP contribution in [0.15, 0.2) is 0 Å². The van der Waals surface area contributed by atoms with Crippen molar-refractivity contribution in [3.63, 3.8) is 0 Å². The Labute approximate surface area is 90.0 Å². The first-order valence-corrected chi connectivity index (χ1v) is 5.37. The molecule has 1 fully saturated rings. The Hall–Kier alpha value is -0.650. The largest absolute Gasteiger partial charge is 0.393 e.